The lowest BCUT2D eigenvalue weighted by atomic mass is 10.1. The minimum Gasteiger partial charge on any atom is -0.454 e. The van der Waals surface area contributed by atoms with E-state index in [1.807, 2.05) is 0 Å². The zero-order chi connectivity index (χ0) is 20.6. The van der Waals surface area contributed by atoms with Gasteiger partial charge in [0.25, 0.3) is 5.69 Å². The largest absolute Gasteiger partial charge is 0.454 e. The summed E-state index contributed by atoms with van der Waals surface area (Å²) >= 11 is 0. The van der Waals surface area contributed by atoms with Crippen LogP contribution >= 0.6 is 0 Å². The number of anilines is 2. The van der Waals surface area contributed by atoms with Crippen molar-refractivity contribution in [2.24, 2.45) is 0 Å². The summed E-state index contributed by atoms with van der Waals surface area (Å²) in [5.41, 5.74) is -0.860. The maximum Gasteiger partial charge on any atom is 0.416 e. The number of hydrogen-bond donors (Lipinski definition) is 1. The summed E-state index contributed by atoms with van der Waals surface area (Å²) in [6.45, 7) is 0.115. The summed E-state index contributed by atoms with van der Waals surface area (Å²) in [4.78, 5) is 18.3. The van der Waals surface area contributed by atoms with Crippen LogP contribution < -0.4 is 14.8 Å². The molecule has 148 valence electrons. The maximum absolute atomic E-state index is 13.0. The van der Waals surface area contributed by atoms with Crippen LogP contribution in [0.15, 0.2) is 48.7 Å². The van der Waals surface area contributed by atoms with Gasteiger partial charge in [0, 0.05) is 29.6 Å². The minimum absolute atomic E-state index is 0.0196. The Balaban J connectivity index is 1.66. The molecule has 0 unspecified atom stereocenters. The van der Waals surface area contributed by atoms with Gasteiger partial charge in [0.15, 0.2) is 11.5 Å². The fourth-order valence-corrected chi connectivity index (χ4v) is 2.72. The number of benzene rings is 2. The number of halogens is 3. The van der Waals surface area contributed by atoms with Gasteiger partial charge in [-0.2, -0.15) is 13.2 Å². The van der Waals surface area contributed by atoms with Crippen LogP contribution in [0.3, 0.4) is 0 Å². The Labute approximate surface area is 161 Å². The molecule has 1 N–H and O–H groups in total. The SMILES string of the molecule is O=[N+]([O-])c1cc(Nc2nccc(-c3ccc4c(c3)OCO4)n2)cc(C(F)(F)F)c1. The summed E-state index contributed by atoms with van der Waals surface area (Å²) in [6, 6.07) is 8.98. The molecule has 0 spiro atoms. The van der Waals surface area contributed by atoms with Gasteiger partial charge in [-0.25, -0.2) is 9.97 Å². The molecule has 0 amide bonds. The normalized spacial score (nSPS) is 12.7. The van der Waals surface area contributed by atoms with Crippen molar-refractivity contribution in [3.05, 3.63) is 64.3 Å². The van der Waals surface area contributed by atoms with Gasteiger partial charge in [-0.1, -0.05) is 0 Å². The zero-order valence-corrected chi connectivity index (χ0v) is 14.4. The maximum atomic E-state index is 13.0. The van der Waals surface area contributed by atoms with Crippen LogP contribution in [0, 0.1) is 10.1 Å². The molecule has 0 saturated carbocycles. The Morgan fingerprint density at radius 1 is 1.07 bits per heavy atom. The third-order valence-electron chi connectivity index (χ3n) is 4.04. The highest BCUT2D eigenvalue weighted by atomic mass is 19.4. The quantitative estimate of drug-likeness (QED) is 0.503. The minimum atomic E-state index is -4.74. The van der Waals surface area contributed by atoms with Gasteiger partial charge in [-0.15, -0.1) is 0 Å². The van der Waals surface area contributed by atoms with Crippen molar-refractivity contribution in [3.8, 4) is 22.8 Å². The summed E-state index contributed by atoms with van der Waals surface area (Å²) in [7, 11) is 0. The third kappa shape index (κ3) is 3.88. The smallest absolute Gasteiger partial charge is 0.416 e. The average Bonchev–Trinajstić information content (AvgIpc) is 3.15. The Kier molecular flexibility index (Phi) is 4.41. The van der Waals surface area contributed by atoms with Crippen molar-refractivity contribution in [3.63, 3.8) is 0 Å². The van der Waals surface area contributed by atoms with E-state index in [0.717, 1.165) is 12.1 Å². The third-order valence-corrected chi connectivity index (χ3v) is 4.04. The van der Waals surface area contributed by atoms with E-state index in [1.54, 1.807) is 24.3 Å². The van der Waals surface area contributed by atoms with Crippen molar-refractivity contribution in [2.45, 2.75) is 6.18 Å². The fourth-order valence-electron chi connectivity index (χ4n) is 2.72. The summed E-state index contributed by atoms with van der Waals surface area (Å²) in [5.74, 6) is 1.12. The standard InChI is InChI=1S/C18H11F3N4O4/c19-18(20,21)11-6-12(8-13(7-11)25(26)27)23-17-22-4-3-14(24-17)10-1-2-15-16(5-10)29-9-28-15/h1-8H,9H2,(H,22,23,24). The van der Waals surface area contributed by atoms with E-state index in [2.05, 4.69) is 15.3 Å². The Bertz CT molecular complexity index is 1100. The van der Waals surface area contributed by atoms with Crippen LogP contribution in [-0.2, 0) is 6.18 Å². The topological polar surface area (TPSA) is 99.4 Å². The first-order chi connectivity index (χ1) is 13.8. The number of nitrogens with one attached hydrogen (secondary N) is 1. The number of non-ortho nitro benzene ring substituents is 1. The monoisotopic (exact) mass is 404 g/mol. The zero-order valence-electron chi connectivity index (χ0n) is 14.4. The second kappa shape index (κ2) is 6.93. The first-order valence-electron chi connectivity index (χ1n) is 8.16. The molecule has 0 bridgehead atoms. The van der Waals surface area contributed by atoms with Gasteiger partial charge in [0.1, 0.15) is 0 Å². The van der Waals surface area contributed by atoms with Crippen molar-refractivity contribution < 1.29 is 27.6 Å². The predicted molar refractivity (Wildman–Crippen MR) is 95.0 cm³/mol. The molecule has 0 atom stereocenters. The average molecular weight is 404 g/mol. The van der Waals surface area contributed by atoms with E-state index >= 15 is 0 Å². The number of nitrogens with zero attached hydrogens (tertiary/aromatic N) is 3. The van der Waals surface area contributed by atoms with Crippen molar-refractivity contribution in [2.75, 3.05) is 12.1 Å². The Morgan fingerprint density at radius 3 is 2.62 bits per heavy atom. The summed E-state index contributed by atoms with van der Waals surface area (Å²) in [5, 5.41) is 13.6. The van der Waals surface area contributed by atoms with Crippen molar-refractivity contribution in [1.29, 1.82) is 0 Å². The first kappa shape index (κ1) is 18.5. The number of nitro groups is 1. The molecule has 0 saturated heterocycles. The molecule has 0 fully saturated rings. The van der Waals surface area contributed by atoms with Crippen LogP contribution in [0.5, 0.6) is 11.5 Å². The number of ether oxygens (including phenoxy) is 2. The number of alkyl halides is 3. The molecular formula is C18H11F3N4O4. The number of rotatable bonds is 4. The van der Waals surface area contributed by atoms with Gasteiger partial charge < -0.3 is 14.8 Å². The number of aromatic nitrogens is 2. The van der Waals surface area contributed by atoms with Crippen LogP contribution in [0.25, 0.3) is 11.3 Å². The van der Waals surface area contributed by atoms with E-state index in [-0.39, 0.29) is 18.4 Å². The highest BCUT2D eigenvalue weighted by Gasteiger charge is 2.33. The molecule has 4 rings (SSSR count). The van der Waals surface area contributed by atoms with E-state index in [0.29, 0.717) is 28.8 Å². The van der Waals surface area contributed by atoms with Gasteiger partial charge in [0.05, 0.1) is 16.2 Å². The van der Waals surface area contributed by atoms with Gasteiger partial charge in [-0.05, 0) is 30.3 Å². The van der Waals surface area contributed by atoms with E-state index < -0.39 is 22.4 Å². The van der Waals surface area contributed by atoms with E-state index in [9.17, 15) is 23.3 Å². The van der Waals surface area contributed by atoms with E-state index in [4.69, 9.17) is 9.47 Å². The molecule has 2 heterocycles. The molecule has 1 aliphatic rings. The van der Waals surface area contributed by atoms with Crippen LogP contribution in [-0.4, -0.2) is 21.7 Å². The molecule has 1 aliphatic heterocycles. The van der Waals surface area contributed by atoms with Crippen LogP contribution in [0.2, 0.25) is 0 Å². The molecule has 1 aromatic heterocycles. The van der Waals surface area contributed by atoms with Gasteiger partial charge >= 0.3 is 6.18 Å². The highest BCUT2D eigenvalue weighted by molar-refractivity contribution is 5.66. The lowest BCUT2D eigenvalue weighted by Crippen LogP contribution is -2.07. The van der Waals surface area contributed by atoms with E-state index in [1.165, 1.54) is 6.20 Å². The summed E-state index contributed by atoms with van der Waals surface area (Å²) in [6.07, 6.45) is -3.32. The first-order valence-corrected chi connectivity index (χ1v) is 8.16. The molecule has 0 radical (unpaired) electrons. The van der Waals surface area contributed by atoms with Crippen LogP contribution in [0.4, 0.5) is 30.5 Å². The summed E-state index contributed by atoms with van der Waals surface area (Å²) < 4.78 is 49.7. The second-order valence-electron chi connectivity index (χ2n) is 5.98. The molecule has 8 nitrogen and oxygen atoms in total. The molecule has 11 heteroatoms. The molecule has 3 aromatic rings. The molecular weight excluding hydrogens is 393 g/mol. The Hall–Kier alpha value is -3.89. The number of hydrogen-bond acceptors (Lipinski definition) is 7. The molecule has 29 heavy (non-hydrogen) atoms. The fraction of sp³-hybridized carbons (Fsp3) is 0.111. The lowest BCUT2D eigenvalue weighted by Gasteiger charge is -2.11. The second-order valence-corrected chi connectivity index (χ2v) is 5.98. The van der Waals surface area contributed by atoms with Gasteiger partial charge in [0.2, 0.25) is 12.7 Å². The Morgan fingerprint density at radius 2 is 1.86 bits per heavy atom. The van der Waals surface area contributed by atoms with Crippen molar-refractivity contribution >= 4 is 17.3 Å². The number of nitro benzene ring substituents is 1. The van der Waals surface area contributed by atoms with Crippen LogP contribution in [0.1, 0.15) is 5.56 Å². The molecule has 2 aromatic carbocycles. The lowest BCUT2D eigenvalue weighted by molar-refractivity contribution is -0.385. The predicted octanol–water partition coefficient (Wildman–Crippen LogP) is 4.54. The van der Waals surface area contributed by atoms with Gasteiger partial charge in [-0.3, -0.25) is 10.1 Å². The molecule has 0 aliphatic carbocycles. The highest BCUT2D eigenvalue weighted by Crippen LogP contribution is 2.36. The van der Waals surface area contributed by atoms with Crippen molar-refractivity contribution in [1.82, 2.24) is 9.97 Å². The number of fused-ring (bicyclic) bond motifs is 1.